The number of hydrogen-bond donors (Lipinski definition) is 2. The van der Waals surface area contributed by atoms with Gasteiger partial charge in [0.25, 0.3) is 0 Å². The molecule has 0 saturated carbocycles. The zero-order valence-corrected chi connectivity index (χ0v) is 10.9. The molecule has 0 aromatic heterocycles. The van der Waals surface area contributed by atoms with Crippen LogP contribution in [0.4, 0.5) is 0 Å². The fraction of sp³-hybridized carbons (Fsp3) is 0. The van der Waals surface area contributed by atoms with E-state index >= 15 is 0 Å². The third-order valence-electron chi connectivity index (χ3n) is 0.368. The predicted molar refractivity (Wildman–Crippen MR) is 33.9 cm³/mol. The molecule has 8 heteroatoms. The van der Waals surface area contributed by atoms with Crippen LogP contribution in [-0.4, -0.2) is 33.1 Å². The van der Waals surface area contributed by atoms with Crippen molar-refractivity contribution in [3.63, 3.8) is 0 Å². The van der Waals surface area contributed by atoms with Crippen molar-refractivity contribution in [3.8, 4) is 0 Å². The molecule has 0 aromatic carbocycles. The van der Waals surface area contributed by atoms with E-state index in [2.05, 4.69) is 0 Å². The summed E-state index contributed by atoms with van der Waals surface area (Å²) in [5.41, 5.74) is 0. The molecule has 64 valence electrons. The molecule has 0 aromatic rings. The summed E-state index contributed by atoms with van der Waals surface area (Å²) in [6, 6.07) is 0. The van der Waals surface area contributed by atoms with Crippen LogP contribution in [0.5, 0.6) is 0 Å². The second kappa shape index (κ2) is 17.6. The Bertz CT molecular complexity index is 137. The first kappa shape index (κ1) is 29.4. The molecular formula is C4H10Na2O6. The Labute approximate surface area is 116 Å². The van der Waals surface area contributed by atoms with Crippen LogP contribution in [0.1, 0.15) is 2.85 Å². The maximum atomic E-state index is 9.55. The van der Waals surface area contributed by atoms with Crippen molar-refractivity contribution in [1.82, 2.24) is 0 Å². The Morgan fingerprint density at radius 1 is 0.917 bits per heavy atom. The topological polar surface area (TPSA) is 138 Å². The zero-order valence-electron chi connectivity index (χ0n) is 8.87. The molecule has 6 nitrogen and oxygen atoms in total. The number of aliphatic carboxylic acids is 2. The third-order valence-corrected chi connectivity index (χ3v) is 0.368. The third kappa shape index (κ3) is 31.2. The van der Waals surface area contributed by atoms with E-state index in [1.165, 1.54) is 0 Å². The van der Waals surface area contributed by atoms with Crippen LogP contribution in [-0.2, 0) is 9.59 Å². The minimum Gasteiger partial charge on any atom is -1.00 e. The predicted octanol–water partition coefficient (Wildman–Crippen LogP) is -7.70. The van der Waals surface area contributed by atoms with Crippen LogP contribution in [0.3, 0.4) is 0 Å². The van der Waals surface area contributed by atoms with Gasteiger partial charge in [-0.05, 0) is 0 Å². The normalized spacial score (nSPS) is 6.33. The van der Waals surface area contributed by atoms with Crippen molar-refractivity contribution in [2.45, 2.75) is 0 Å². The summed E-state index contributed by atoms with van der Waals surface area (Å²) < 4.78 is 0. The van der Waals surface area contributed by atoms with Crippen LogP contribution >= 0.6 is 0 Å². The maximum absolute atomic E-state index is 9.55. The first-order valence-corrected chi connectivity index (χ1v) is 1.77. The molecule has 6 N–H and O–H groups in total. The van der Waals surface area contributed by atoms with E-state index in [-0.39, 0.29) is 72.9 Å². The molecule has 0 aliphatic carbocycles. The van der Waals surface area contributed by atoms with Gasteiger partial charge in [-0.15, -0.1) is 0 Å². The number of carboxylic acids is 2. The van der Waals surface area contributed by atoms with E-state index in [1.54, 1.807) is 0 Å². The molecule has 0 heterocycles. The number of rotatable bonds is 2. The summed E-state index contributed by atoms with van der Waals surface area (Å²) in [5.74, 6) is -2.51. The molecule has 0 bridgehead atoms. The summed E-state index contributed by atoms with van der Waals surface area (Å²) in [4.78, 5) is 19.1. The Morgan fingerprint density at radius 2 is 1.08 bits per heavy atom. The van der Waals surface area contributed by atoms with E-state index < -0.39 is 11.9 Å². The monoisotopic (exact) mass is 200 g/mol. The van der Waals surface area contributed by atoms with Gasteiger partial charge < -0.3 is 24.0 Å². The van der Waals surface area contributed by atoms with Gasteiger partial charge in [-0.2, -0.15) is 0 Å². The molecular weight excluding hydrogens is 190 g/mol. The Hall–Kier alpha value is 0.600. The molecule has 0 rings (SSSR count). The van der Waals surface area contributed by atoms with Gasteiger partial charge >= 0.3 is 71.1 Å². The molecule has 12 heavy (non-hydrogen) atoms. The van der Waals surface area contributed by atoms with Crippen molar-refractivity contribution in [3.05, 3.63) is 12.2 Å². The minimum atomic E-state index is -1.26. The fourth-order valence-electron chi connectivity index (χ4n) is 0.143. The molecule has 0 saturated heterocycles. The van der Waals surface area contributed by atoms with Gasteiger partial charge in [0.15, 0.2) is 0 Å². The van der Waals surface area contributed by atoms with Gasteiger partial charge in [0.1, 0.15) is 0 Å². The summed E-state index contributed by atoms with van der Waals surface area (Å²) >= 11 is 0. The van der Waals surface area contributed by atoms with E-state index in [0.29, 0.717) is 12.2 Å². The Balaban J connectivity index is -0.0000000163. The van der Waals surface area contributed by atoms with Gasteiger partial charge in [-0.25, -0.2) is 9.59 Å². The molecule has 0 amide bonds. The van der Waals surface area contributed by atoms with Gasteiger partial charge in [0.2, 0.25) is 0 Å². The van der Waals surface area contributed by atoms with Gasteiger partial charge in [-0.1, -0.05) is 0 Å². The summed E-state index contributed by atoms with van der Waals surface area (Å²) in [6.45, 7) is 0. The quantitative estimate of drug-likeness (QED) is 0.337. The van der Waals surface area contributed by atoms with Crippen molar-refractivity contribution in [1.29, 1.82) is 0 Å². The molecule has 0 atom stereocenters. The molecule has 0 radical (unpaired) electrons. The SMILES string of the molecule is O.O.O=C(O)/C=C\C(=O)O.[H-].[H-].[Na+].[Na+]. The first-order chi connectivity index (χ1) is 3.63. The Kier molecular flexibility index (Phi) is 43.1. The molecule has 0 aliphatic heterocycles. The van der Waals surface area contributed by atoms with Crippen LogP contribution in [0.15, 0.2) is 12.2 Å². The van der Waals surface area contributed by atoms with E-state index in [1.807, 2.05) is 0 Å². The molecule has 0 fully saturated rings. The minimum absolute atomic E-state index is 0. The summed E-state index contributed by atoms with van der Waals surface area (Å²) in [6.07, 6.45) is 1.12. The number of carboxylic acid groups (broad SMARTS) is 2. The fourth-order valence-corrected chi connectivity index (χ4v) is 0.143. The van der Waals surface area contributed by atoms with Gasteiger partial charge in [0, 0.05) is 12.2 Å². The average Bonchev–Trinajstić information content (AvgIpc) is 1.61. The van der Waals surface area contributed by atoms with Crippen LogP contribution < -0.4 is 59.1 Å². The van der Waals surface area contributed by atoms with E-state index in [9.17, 15) is 9.59 Å². The molecule has 0 spiro atoms. The van der Waals surface area contributed by atoms with Crippen molar-refractivity contribution in [2.24, 2.45) is 0 Å². The standard InChI is InChI=1S/C4H4O4.2Na.2H2O.2H/c5-3(6)1-2-4(7)8;;;;;;/h1-2H,(H,5,6)(H,7,8);;;2*1H2;;/q;2*+1;;;2*-1/b2-1-;;;;;;. The van der Waals surface area contributed by atoms with Crippen molar-refractivity contribution >= 4 is 11.9 Å². The van der Waals surface area contributed by atoms with E-state index in [0.717, 1.165) is 0 Å². The van der Waals surface area contributed by atoms with Crippen molar-refractivity contribution in [2.75, 3.05) is 0 Å². The van der Waals surface area contributed by atoms with Gasteiger partial charge in [0.05, 0.1) is 0 Å². The van der Waals surface area contributed by atoms with Crippen LogP contribution in [0.2, 0.25) is 0 Å². The summed E-state index contributed by atoms with van der Waals surface area (Å²) in [5, 5.41) is 15.6. The van der Waals surface area contributed by atoms with Crippen LogP contribution in [0, 0.1) is 0 Å². The maximum Gasteiger partial charge on any atom is 1.00 e. The van der Waals surface area contributed by atoms with Gasteiger partial charge in [-0.3, -0.25) is 0 Å². The van der Waals surface area contributed by atoms with E-state index in [4.69, 9.17) is 10.2 Å². The second-order valence-electron chi connectivity index (χ2n) is 1.01. The number of carbonyl (C=O) groups is 2. The largest absolute Gasteiger partial charge is 1.00 e. The average molecular weight is 200 g/mol. The van der Waals surface area contributed by atoms with Crippen LogP contribution in [0.25, 0.3) is 0 Å². The number of hydrogen-bond acceptors (Lipinski definition) is 2. The first-order valence-electron chi connectivity index (χ1n) is 1.77. The smallest absolute Gasteiger partial charge is 1.00 e. The Morgan fingerprint density at radius 3 is 1.17 bits per heavy atom. The molecule has 0 aliphatic rings. The van der Waals surface area contributed by atoms with Crippen molar-refractivity contribution < 1.29 is 92.7 Å². The second-order valence-corrected chi connectivity index (χ2v) is 1.01. The summed E-state index contributed by atoms with van der Waals surface area (Å²) in [7, 11) is 0. The molecule has 0 unspecified atom stereocenters. The zero-order chi connectivity index (χ0) is 6.57.